The highest BCUT2D eigenvalue weighted by Crippen LogP contribution is 2.18. The van der Waals surface area contributed by atoms with Gasteiger partial charge in [0.2, 0.25) is 0 Å². The highest BCUT2D eigenvalue weighted by atomic mass is 35.5. The Morgan fingerprint density at radius 1 is 1.14 bits per heavy atom. The molecular formula is C21H26ClN5O2. The molecule has 3 aromatic rings. The van der Waals surface area contributed by atoms with Crippen molar-refractivity contribution >= 4 is 18.3 Å². The number of benzene rings is 2. The summed E-state index contributed by atoms with van der Waals surface area (Å²) >= 11 is 0. The number of carbonyl (C=O) groups is 1. The van der Waals surface area contributed by atoms with Gasteiger partial charge in [-0.25, -0.2) is 4.68 Å². The van der Waals surface area contributed by atoms with E-state index in [4.69, 9.17) is 10.5 Å². The minimum absolute atomic E-state index is 0. The molecule has 0 unspecified atom stereocenters. The zero-order valence-electron chi connectivity index (χ0n) is 16.6. The minimum atomic E-state index is -0.144. The van der Waals surface area contributed by atoms with Crippen LogP contribution >= 0.6 is 12.4 Å². The van der Waals surface area contributed by atoms with Crippen molar-refractivity contribution in [3.8, 4) is 11.4 Å². The van der Waals surface area contributed by atoms with Crippen LogP contribution in [0.4, 0.5) is 0 Å². The normalized spacial score (nSPS) is 10.3. The van der Waals surface area contributed by atoms with E-state index in [1.807, 2.05) is 61.5 Å². The summed E-state index contributed by atoms with van der Waals surface area (Å²) in [7, 11) is 1.62. The number of hydrogen-bond donors (Lipinski definition) is 1. The minimum Gasteiger partial charge on any atom is -0.497 e. The van der Waals surface area contributed by atoms with Crippen LogP contribution in [0.15, 0.2) is 54.6 Å². The molecule has 1 amide bonds. The van der Waals surface area contributed by atoms with Crippen LogP contribution in [0.25, 0.3) is 5.69 Å². The van der Waals surface area contributed by atoms with E-state index in [2.05, 4.69) is 10.3 Å². The average Bonchev–Trinajstić information content (AvgIpc) is 3.12. The van der Waals surface area contributed by atoms with Gasteiger partial charge in [-0.3, -0.25) is 4.79 Å². The second kappa shape index (κ2) is 10.6. The summed E-state index contributed by atoms with van der Waals surface area (Å²) < 4.78 is 6.85. The molecule has 7 nitrogen and oxygen atoms in total. The summed E-state index contributed by atoms with van der Waals surface area (Å²) in [5.41, 5.74) is 8.59. The van der Waals surface area contributed by atoms with Gasteiger partial charge in [-0.05, 0) is 49.7 Å². The summed E-state index contributed by atoms with van der Waals surface area (Å²) in [6.45, 7) is 3.45. The van der Waals surface area contributed by atoms with Crippen LogP contribution in [0, 0.1) is 6.92 Å². The smallest absolute Gasteiger partial charge is 0.276 e. The molecule has 0 aliphatic carbocycles. The van der Waals surface area contributed by atoms with Crippen LogP contribution in [0.1, 0.15) is 28.2 Å². The molecule has 0 spiro atoms. The van der Waals surface area contributed by atoms with Crippen LogP contribution in [-0.4, -0.2) is 46.0 Å². The summed E-state index contributed by atoms with van der Waals surface area (Å²) in [5, 5.41) is 8.35. The highest BCUT2D eigenvalue weighted by molar-refractivity contribution is 5.93. The first-order chi connectivity index (χ1) is 13.6. The molecule has 0 bridgehead atoms. The molecule has 0 aliphatic heterocycles. The van der Waals surface area contributed by atoms with Gasteiger partial charge in [0.25, 0.3) is 5.91 Å². The Balaban J connectivity index is 0.00000300. The van der Waals surface area contributed by atoms with E-state index in [-0.39, 0.29) is 18.3 Å². The van der Waals surface area contributed by atoms with E-state index in [0.29, 0.717) is 31.0 Å². The average molecular weight is 416 g/mol. The second-order valence-corrected chi connectivity index (χ2v) is 6.49. The summed E-state index contributed by atoms with van der Waals surface area (Å²) in [5.74, 6) is 0.614. The van der Waals surface area contributed by atoms with Crippen LogP contribution < -0.4 is 10.5 Å². The van der Waals surface area contributed by atoms with Crippen molar-refractivity contribution in [2.24, 2.45) is 5.73 Å². The predicted octanol–water partition coefficient (Wildman–Crippen LogP) is 3.00. The van der Waals surface area contributed by atoms with Gasteiger partial charge >= 0.3 is 0 Å². The zero-order valence-corrected chi connectivity index (χ0v) is 17.4. The SMILES string of the molecule is COc1ccc(-n2nnc(C(=O)N(CCCN)Cc3ccccc3)c2C)cc1.Cl. The Labute approximate surface area is 176 Å². The van der Waals surface area contributed by atoms with Crippen LogP contribution in [0.2, 0.25) is 0 Å². The first-order valence-corrected chi connectivity index (χ1v) is 9.24. The number of nitrogens with zero attached hydrogens (tertiary/aromatic N) is 4. The lowest BCUT2D eigenvalue weighted by atomic mass is 10.2. The van der Waals surface area contributed by atoms with E-state index < -0.39 is 0 Å². The molecule has 1 aromatic heterocycles. The Morgan fingerprint density at radius 3 is 2.45 bits per heavy atom. The van der Waals surface area contributed by atoms with Crippen LogP contribution in [-0.2, 0) is 6.54 Å². The molecule has 0 radical (unpaired) electrons. The maximum atomic E-state index is 13.2. The molecule has 0 saturated heterocycles. The summed E-state index contributed by atoms with van der Waals surface area (Å²) in [4.78, 5) is 14.9. The fourth-order valence-electron chi connectivity index (χ4n) is 2.98. The number of ether oxygens (including phenoxy) is 1. The van der Waals surface area contributed by atoms with E-state index in [1.54, 1.807) is 16.7 Å². The van der Waals surface area contributed by atoms with Gasteiger partial charge in [-0.1, -0.05) is 35.5 Å². The Bertz CT molecular complexity index is 913. The number of rotatable bonds is 8. The van der Waals surface area contributed by atoms with E-state index >= 15 is 0 Å². The Kier molecular flexibility index (Phi) is 8.18. The van der Waals surface area contributed by atoms with Crippen molar-refractivity contribution < 1.29 is 9.53 Å². The van der Waals surface area contributed by atoms with E-state index in [0.717, 1.165) is 23.4 Å². The summed E-state index contributed by atoms with van der Waals surface area (Å²) in [6.07, 6.45) is 0.726. The van der Waals surface area contributed by atoms with Gasteiger partial charge in [0.15, 0.2) is 5.69 Å². The number of amides is 1. The largest absolute Gasteiger partial charge is 0.497 e. The van der Waals surface area contributed by atoms with E-state index in [1.165, 1.54) is 0 Å². The maximum absolute atomic E-state index is 13.2. The molecule has 29 heavy (non-hydrogen) atoms. The summed E-state index contributed by atoms with van der Waals surface area (Å²) in [6, 6.07) is 17.4. The number of halogens is 1. The molecule has 3 rings (SSSR count). The Hall–Kier alpha value is -2.90. The van der Waals surface area contributed by atoms with Gasteiger partial charge in [0.05, 0.1) is 18.5 Å². The molecule has 0 fully saturated rings. The van der Waals surface area contributed by atoms with Crippen molar-refractivity contribution in [2.45, 2.75) is 19.9 Å². The van der Waals surface area contributed by atoms with Gasteiger partial charge in [0.1, 0.15) is 5.75 Å². The molecule has 0 atom stereocenters. The van der Waals surface area contributed by atoms with Crippen LogP contribution in [0.5, 0.6) is 5.75 Å². The molecule has 0 aliphatic rings. The van der Waals surface area contributed by atoms with Gasteiger partial charge in [-0.2, -0.15) is 0 Å². The van der Waals surface area contributed by atoms with Crippen molar-refractivity contribution in [3.63, 3.8) is 0 Å². The third-order valence-corrected chi connectivity index (χ3v) is 4.55. The van der Waals surface area contributed by atoms with Gasteiger partial charge < -0.3 is 15.4 Å². The maximum Gasteiger partial charge on any atom is 0.276 e. The number of nitrogens with two attached hydrogens (primary N) is 1. The third-order valence-electron chi connectivity index (χ3n) is 4.55. The molecule has 2 aromatic carbocycles. The standard InChI is InChI=1S/C21H25N5O2.ClH/c1-16-20(23-24-26(16)18-9-11-19(28-2)12-10-18)21(27)25(14-6-13-22)15-17-7-4-3-5-8-17;/h3-5,7-12H,6,13-15,22H2,1-2H3;1H. The first kappa shape index (κ1) is 22.4. The Morgan fingerprint density at radius 2 is 1.83 bits per heavy atom. The van der Waals surface area contributed by atoms with E-state index in [9.17, 15) is 4.79 Å². The fourth-order valence-corrected chi connectivity index (χ4v) is 2.98. The lowest BCUT2D eigenvalue weighted by molar-refractivity contribution is 0.0735. The van der Waals surface area contributed by atoms with Gasteiger partial charge in [0, 0.05) is 13.1 Å². The monoisotopic (exact) mass is 415 g/mol. The zero-order chi connectivity index (χ0) is 19.9. The highest BCUT2D eigenvalue weighted by Gasteiger charge is 2.23. The van der Waals surface area contributed by atoms with Crippen molar-refractivity contribution in [2.75, 3.05) is 20.2 Å². The molecular weight excluding hydrogens is 390 g/mol. The molecule has 2 N–H and O–H groups in total. The lowest BCUT2D eigenvalue weighted by Crippen LogP contribution is -2.33. The quantitative estimate of drug-likeness (QED) is 0.611. The topological polar surface area (TPSA) is 86.3 Å². The fraction of sp³-hybridized carbons (Fsp3) is 0.286. The number of hydrogen-bond acceptors (Lipinski definition) is 5. The van der Waals surface area contributed by atoms with Crippen LogP contribution in [0.3, 0.4) is 0 Å². The first-order valence-electron chi connectivity index (χ1n) is 9.24. The lowest BCUT2D eigenvalue weighted by Gasteiger charge is -2.22. The van der Waals surface area contributed by atoms with Crippen molar-refractivity contribution in [1.29, 1.82) is 0 Å². The number of methoxy groups -OCH3 is 1. The van der Waals surface area contributed by atoms with Crippen molar-refractivity contribution in [1.82, 2.24) is 19.9 Å². The predicted molar refractivity (Wildman–Crippen MR) is 115 cm³/mol. The van der Waals surface area contributed by atoms with Gasteiger partial charge in [-0.15, -0.1) is 17.5 Å². The molecule has 0 saturated carbocycles. The molecule has 8 heteroatoms. The molecule has 1 heterocycles. The number of carbonyl (C=O) groups excluding carboxylic acids is 1. The van der Waals surface area contributed by atoms with Crippen molar-refractivity contribution in [3.05, 3.63) is 71.5 Å². The second-order valence-electron chi connectivity index (χ2n) is 6.49. The third kappa shape index (κ3) is 5.34. The number of aromatic nitrogens is 3. The molecule has 154 valence electrons.